The number of methoxy groups -OCH3 is 3. The zero-order chi connectivity index (χ0) is 25.7. The molecule has 0 spiro atoms. The fourth-order valence-electron chi connectivity index (χ4n) is 4.41. The van der Waals surface area contributed by atoms with Crippen molar-refractivity contribution in [2.45, 2.75) is 26.3 Å². The minimum atomic E-state index is -0.472. The van der Waals surface area contributed by atoms with Crippen molar-refractivity contribution in [1.29, 1.82) is 0 Å². The first kappa shape index (κ1) is 24.9. The molecule has 0 radical (unpaired) electrons. The molecule has 0 bridgehead atoms. The first-order valence-corrected chi connectivity index (χ1v) is 11.7. The number of carbonyl (C=O) groups excluding carboxylic acids is 2. The van der Waals surface area contributed by atoms with Gasteiger partial charge in [-0.1, -0.05) is 18.2 Å². The monoisotopic (exact) mass is 490 g/mol. The Bertz CT molecular complexity index is 1380. The van der Waals surface area contributed by atoms with E-state index in [2.05, 4.69) is 28.9 Å². The van der Waals surface area contributed by atoms with Crippen molar-refractivity contribution in [1.82, 2.24) is 4.57 Å². The number of aromatic nitrogens is 1. The highest BCUT2D eigenvalue weighted by atomic mass is 16.5. The zero-order valence-electron chi connectivity index (χ0n) is 20.9. The maximum Gasteiger partial charge on any atom is 0.306 e. The molecule has 8 heteroatoms. The van der Waals surface area contributed by atoms with Crippen molar-refractivity contribution >= 4 is 39.4 Å². The Hall–Kier alpha value is -4.20. The summed E-state index contributed by atoms with van der Waals surface area (Å²) < 4.78 is 23.4. The third-order valence-electron chi connectivity index (χ3n) is 6.08. The molecular formula is C28H30N2O6. The minimum Gasteiger partial charge on any atom is -0.493 e. The third kappa shape index (κ3) is 5.07. The number of rotatable bonds is 10. The van der Waals surface area contributed by atoms with E-state index in [1.54, 1.807) is 12.1 Å². The first-order valence-electron chi connectivity index (χ1n) is 11.7. The van der Waals surface area contributed by atoms with Gasteiger partial charge in [-0.3, -0.25) is 9.59 Å². The van der Waals surface area contributed by atoms with Gasteiger partial charge in [-0.25, -0.2) is 0 Å². The number of nitrogens with one attached hydrogen (secondary N) is 1. The van der Waals surface area contributed by atoms with Crippen molar-refractivity contribution in [3.63, 3.8) is 0 Å². The number of esters is 1. The van der Waals surface area contributed by atoms with E-state index >= 15 is 0 Å². The summed E-state index contributed by atoms with van der Waals surface area (Å²) >= 11 is 0. The van der Waals surface area contributed by atoms with Crippen LogP contribution in [0.5, 0.6) is 17.2 Å². The number of carbonyl (C=O) groups is 2. The summed E-state index contributed by atoms with van der Waals surface area (Å²) in [5, 5.41) is 5.02. The SMILES string of the molecule is CCn1c2ccccc2c2cc(NC(=O)COC(=O)CCc3cc(OC)c(OC)c(OC)c3)ccc21. The van der Waals surface area contributed by atoms with Gasteiger partial charge in [0.15, 0.2) is 18.1 Å². The van der Waals surface area contributed by atoms with Gasteiger partial charge in [0.25, 0.3) is 5.91 Å². The molecule has 0 aliphatic carbocycles. The molecule has 0 aliphatic rings. The standard InChI is InChI=1S/C28H30N2O6/c1-5-30-22-9-7-6-8-20(22)21-16-19(11-12-23(21)30)29-26(31)17-36-27(32)13-10-18-14-24(33-2)28(35-4)25(15-18)34-3/h6-9,11-12,14-16H,5,10,13,17H2,1-4H3,(H,29,31). The fraction of sp³-hybridized carbons (Fsp3) is 0.286. The Morgan fingerprint density at radius 2 is 1.56 bits per heavy atom. The molecule has 36 heavy (non-hydrogen) atoms. The highest BCUT2D eigenvalue weighted by Gasteiger charge is 2.15. The highest BCUT2D eigenvalue weighted by Crippen LogP contribution is 2.38. The molecular weight excluding hydrogens is 460 g/mol. The van der Waals surface area contributed by atoms with Crippen LogP contribution in [0.4, 0.5) is 5.69 Å². The van der Waals surface area contributed by atoms with Gasteiger partial charge in [-0.2, -0.15) is 0 Å². The summed E-state index contributed by atoms with van der Waals surface area (Å²) in [4.78, 5) is 24.7. The van der Waals surface area contributed by atoms with E-state index in [-0.39, 0.29) is 13.0 Å². The zero-order valence-corrected chi connectivity index (χ0v) is 20.9. The summed E-state index contributed by atoms with van der Waals surface area (Å²) in [6, 6.07) is 17.6. The number of nitrogens with zero attached hydrogens (tertiary/aromatic N) is 1. The number of para-hydroxylation sites is 1. The van der Waals surface area contributed by atoms with Crippen LogP contribution in [0.15, 0.2) is 54.6 Å². The number of anilines is 1. The number of aryl methyl sites for hydroxylation is 2. The molecule has 1 aromatic heterocycles. The number of amides is 1. The smallest absolute Gasteiger partial charge is 0.306 e. The molecule has 4 rings (SSSR count). The van der Waals surface area contributed by atoms with E-state index in [4.69, 9.17) is 18.9 Å². The van der Waals surface area contributed by atoms with Crippen LogP contribution < -0.4 is 19.5 Å². The second kappa shape index (κ2) is 11.0. The van der Waals surface area contributed by atoms with Gasteiger partial charge < -0.3 is 28.8 Å². The summed E-state index contributed by atoms with van der Waals surface area (Å²) in [6.07, 6.45) is 0.504. The predicted molar refractivity (Wildman–Crippen MR) is 139 cm³/mol. The molecule has 0 saturated carbocycles. The normalized spacial score (nSPS) is 10.9. The van der Waals surface area contributed by atoms with Gasteiger partial charge >= 0.3 is 5.97 Å². The Morgan fingerprint density at radius 1 is 0.861 bits per heavy atom. The van der Waals surface area contributed by atoms with Crippen LogP contribution in [0.1, 0.15) is 18.9 Å². The molecule has 0 atom stereocenters. The van der Waals surface area contributed by atoms with E-state index in [0.29, 0.717) is 29.4 Å². The van der Waals surface area contributed by atoms with Crippen molar-refractivity contribution in [2.75, 3.05) is 33.3 Å². The molecule has 1 N–H and O–H groups in total. The minimum absolute atomic E-state index is 0.106. The lowest BCUT2D eigenvalue weighted by molar-refractivity contribution is -0.147. The topological polar surface area (TPSA) is 88.0 Å². The summed E-state index contributed by atoms with van der Waals surface area (Å²) in [5.74, 6) is 0.646. The fourth-order valence-corrected chi connectivity index (χ4v) is 4.41. The highest BCUT2D eigenvalue weighted by molar-refractivity contribution is 6.09. The number of fused-ring (bicyclic) bond motifs is 3. The molecule has 0 saturated heterocycles. The third-order valence-corrected chi connectivity index (χ3v) is 6.08. The van der Waals surface area contributed by atoms with Crippen molar-refractivity contribution in [3.8, 4) is 17.2 Å². The lowest BCUT2D eigenvalue weighted by atomic mass is 10.1. The van der Waals surface area contributed by atoms with E-state index in [1.807, 2.05) is 30.3 Å². The van der Waals surface area contributed by atoms with Crippen LogP contribution in [0.3, 0.4) is 0 Å². The Kier molecular flexibility index (Phi) is 7.63. The maximum absolute atomic E-state index is 12.4. The molecule has 3 aromatic carbocycles. The maximum atomic E-state index is 12.4. The molecule has 0 aliphatic heterocycles. The Labute approximate surface area is 209 Å². The van der Waals surface area contributed by atoms with Gasteiger partial charge in [0, 0.05) is 40.5 Å². The number of hydrogen-bond donors (Lipinski definition) is 1. The van der Waals surface area contributed by atoms with Crippen molar-refractivity contribution < 1.29 is 28.5 Å². The summed E-state index contributed by atoms with van der Waals surface area (Å²) in [6.45, 7) is 2.60. The van der Waals surface area contributed by atoms with E-state index in [0.717, 1.165) is 33.9 Å². The largest absolute Gasteiger partial charge is 0.493 e. The van der Waals surface area contributed by atoms with Gasteiger partial charge in [0.05, 0.1) is 21.3 Å². The number of benzene rings is 3. The first-order chi connectivity index (χ1) is 17.5. The second-order valence-electron chi connectivity index (χ2n) is 8.24. The van der Waals surface area contributed by atoms with Gasteiger partial charge in [0.2, 0.25) is 5.75 Å². The quantitative estimate of drug-likeness (QED) is 0.316. The average molecular weight is 491 g/mol. The summed E-state index contributed by atoms with van der Waals surface area (Å²) in [5.41, 5.74) is 3.74. The molecule has 1 heterocycles. The lowest BCUT2D eigenvalue weighted by Crippen LogP contribution is -2.21. The van der Waals surface area contributed by atoms with Crippen LogP contribution >= 0.6 is 0 Å². The molecule has 0 unspecified atom stereocenters. The van der Waals surface area contributed by atoms with Gasteiger partial charge in [-0.05, 0) is 55.3 Å². The van der Waals surface area contributed by atoms with Crippen LogP contribution in [0.2, 0.25) is 0 Å². The van der Waals surface area contributed by atoms with Crippen LogP contribution in [0, 0.1) is 0 Å². The van der Waals surface area contributed by atoms with Crippen LogP contribution in [0.25, 0.3) is 21.8 Å². The number of hydrogen-bond acceptors (Lipinski definition) is 6. The predicted octanol–water partition coefficient (Wildman–Crippen LogP) is 4.95. The Balaban J connectivity index is 1.35. The van der Waals surface area contributed by atoms with Crippen LogP contribution in [-0.2, 0) is 27.3 Å². The van der Waals surface area contributed by atoms with E-state index in [1.165, 1.54) is 21.3 Å². The molecule has 0 fully saturated rings. The molecule has 4 aromatic rings. The molecule has 188 valence electrons. The number of ether oxygens (including phenoxy) is 4. The van der Waals surface area contributed by atoms with Gasteiger partial charge in [0.1, 0.15) is 0 Å². The van der Waals surface area contributed by atoms with E-state index in [9.17, 15) is 9.59 Å². The van der Waals surface area contributed by atoms with Crippen molar-refractivity contribution in [2.24, 2.45) is 0 Å². The van der Waals surface area contributed by atoms with E-state index < -0.39 is 11.9 Å². The molecule has 8 nitrogen and oxygen atoms in total. The van der Waals surface area contributed by atoms with Gasteiger partial charge in [-0.15, -0.1) is 0 Å². The summed E-state index contributed by atoms with van der Waals surface area (Å²) in [7, 11) is 4.60. The average Bonchev–Trinajstić information content (AvgIpc) is 3.22. The lowest BCUT2D eigenvalue weighted by Gasteiger charge is -2.14. The molecule has 1 amide bonds. The van der Waals surface area contributed by atoms with Crippen molar-refractivity contribution in [3.05, 3.63) is 60.2 Å². The second-order valence-corrected chi connectivity index (χ2v) is 8.24. The van der Waals surface area contributed by atoms with Crippen LogP contribution in [-0.4, -0.2) is 44.4 Å². The Morgan fingerprint density at radius 3 is 2.22 bits per heavy atom.